The maximum Gasteiger partial charge on any atom is 0.315 e. The van der Waals surface area contributed by atoms with E-state index in [9.17, 15) is 9.90 Å². The number of carboxylic acids is 1. The first-order valence-corrected chi connectivity index (χ1v) is 6.29. The summed E-state index contributed by atoms with van der Waals surface area (Å²) in [6, 6.07) is 16.9. The van der Waals surface area contributed by atoms with Crippen LogP contribution in [0.25, 0.3) is 0 Å². The first kappa shape index (κ1) is 12.1. The van der Waals surface area contributed by atoms with Crippen molar-refractivity contribution in [1.82, 2.24) is 0 Å². The molecule has 0 aliphatic carbocycles. The van der Waals surface area contributed by atoms with E-state index in [2.05, 4.69) is 22.6 Å². The average molecular weight is 338 g/mol. The van der Waals surface area contributed by atoms with Gasteiger partial charge in [0.2, 0.25) is 0 Å². The Balaban J connectivity index is 2.47. The lowest BCUT2D eigenvalue weighted by Gasteiger charge is -2.13. The van der Waals surface area contributed by atoms with Gasteiger partial charge in [-0.25, -0.2) is 0 Å². The van der Waals surface area contributed by atoms with Crippen LogP contribution in [0.5, 0.6) is 0 Å². The molecule has 0 aromatic heterocycles. The smallest absolute Gasteiger partial charge is 0.315 e. The largest absolute Gasteiger partial charge is 0.481 e. The minimum absolute atomic E-state index is 0.592. The fourth-order valence-corrected chi connectivity index (χ4v) is 2.38. The quantitative estimate of drug-likeness (QED) is 0.870. The summed E-state index contributed by atoms with van der Waals surface area (Å²) < 4.78 is 1.04. The molecule has 17 heavy (non-hydrogen) atoms. The molecule has 1 unspecified atom stereocenters. The molecular weight excluding hydrogens is 327 g/mol. The highest BCUT2D eigenvalue weighted by Gasteiger charge is 2.21. The predicted octanol–water partition coefficient (Wildman–Crippen LogP) is 3.51. The van der Waals surface area contributed by atoms with Crippen molar-refractivity contribution in [2.45, 2.75) is 5.92 Å². The fraction of sp³-hybridized carbons (Fsp3) is 0.0714. The van der Waals surface area contributed by atoms with Gasteiger partial charge in [-0.05, 0) is 45.9 Å². The van der Waals surface area contributed by atoms with Gasteiger partial charge in [-0.2, -0.15) is 0 Å². The topological polar surface area (TPSA) is 37.3 Å². The molecule has 0 spiro atoms. The number of benzene rings is 2. The van der Waals surface area contributed by atoms with Gasteiger partial charge in [-0.15, -0.1) is 0 Å². The summed E-state index contributed by atoms with van der Waals surface area (Å²) in [6.07, 6.45) is 0. The molecule has 3 heteroatoms. The summed E-state index contributed by atoms with van der Waals surface area (Å²) in [6.45, 7) is 0. The number of halogens is 1. The molecule has 0 saturated carbocycles. The fourth-order valence-electron chi connectivity index (χ4n) is 1.81. The summed E-state index contributed by atoms with van der Waals surface area (Å²) in [4.78, 5) is 11.4. The van der Waals surface area contributed by atoms with Gasteiger partial charge in [-0.3, -0.25) is 4.79 Å². The Morgan fingerprint density at radius 3 is 2.24 bits per heavy atom. The van der Waals surface area contributed by atoms with E-state index in [1.807, 2.05) is 54.6 Å². The minimum Gasteiger partial charge on any atom is -0.481 e. The summed E-state index contributed by atoms with van der Waals surface area (Å²) >= 11 is 2.19. The molecule has 2 rings (SSSR count). The van der Waals surface area contributed by atoms with Crippen molar-refractivity contribution in [3.63, 3.8) is 0 Å². The number of carbonyl (C=O) groups is 1. The van der Waals surface area contributed by atoms with E-state index in [0.717, 1.165) is 14.7 Å². The van der Waals surface area contributed by atoms with Crippen LogP contribution in [0.3, 0.4) is 0 Å². The number of rotatable bonds is 3. The monoisotopic (exact) mass is 338 g/mol. The van der Waals surface area contributed by atoms with Gasteiger partial charge in [0.25, 0.3) is 0 Å². The second kappa shape index (κ2) is 5.31. The molecule has 0 radical (unpaired) electrons. The minimum atomic E-state index is -0.821. The molecule has 0 saturated heterocycles. The van der Waals surface area contributed by atoms with E-state index in [1.165, 1.54) is 0 Å². The number of aliphatic carboxylic acids is 1. The van der Waals surface area contributed by atoms with Crippen molar-refractivity contribution in [1.29, 1.82) is 0 Å². The van der Waals surface area contributed by atoms with Crippen LogP contribution in [0.4, 0.5) is 0 Å². The normalized spacial score (nSPS) is 12.1. The highest BCUT2D eigenvalue weighted by atomic mass is 127. The zero-order chi connectivity index (χ0) is 12.3. The number of hydrogen-bond donors (Lipinski definition) is 1. The van der Waals surface area contributed by atoms with Gasteiger partial charge in [0.05, 0.1) is 0 Å². The molecule has 1 atom stereocenters. The van der Waals surface area contributed by atoms with E-state index < -0.39 is 11.9 Å². The summed E-state index contributed by atoms with van der Waals surface area (Å²) in [5, 5.41) is 9.37. The lowest BCUT2D eigenvalue weighted by molar-refractivity contribution is -0.137. The van der Waals surface area contributed by atoms with Crippen LogP contribution in [0, 0.1) is 3.57 Å². The van der Waals surface area contributed by atoms with Gasteiger partial charge in [0.15, 0.2) is 0 Å². The number of hydrogen-bond acceptors (Lipinski definition) is 1. The zero-order valence-corrected chi connectivity index (χ0v) is 11.2. The Morgan fingerprint density at radius 2 is 1.65 bits per heavy atom. The van der Waals surface area contributed by atoms with Crippen molar-refractivity contribution < 1.29 is 9.90 Å². The Hall–Kier alpha value is -1.36. The molecule has 86 valence electrons. The molecule has 0 amide bonds. The van der Waals surface area contributed by atoms with Crippen LogP contribution in [0.15, 0.2) is 54.6 Å². The first-order chi connectivity index (χ1) is 8.18. The van der Waals surface area contributed by atoms with Crippen LogP contribution in [-0.4, -0.2) is 11.1 Å². The standard InChI is InChI=1S/C14H11IO2/c15-12-8-4-7-11(9-12)13(14(16)17)10-5-2-1-3-6-10/h1-9,13H,(H,16,17). The third-order valence-electron chi connectivity index (χ3n) is 2.56. The Labute approximate surface area is 113 Å². The zero-order valence-electron chi connectivity index (χ0n) is 9.01. The summed E-state index contributed by atoms with van der Waals surface area (Å²) in [7, 11) is 0. The van der Waals surface area contributed by atoms with Crippen molar-refractivity contribution in [2.24, 2.45) is 0 Å². The van der Waals surface area contributed by atoms with E-state index in [1.54, 1.807) is 0 Å². The average Bonchev–Trinajstić information content (AvgIpc) is 2.30. The third-order valence-corrected chi connectivity index (χ3v) is 3.23. The maximum absolute atomic E-state index is 11.4. The Bertz CT molecular complexity index is 523. The van der Waals surface area contributed by atoms with Crippen molar-refractivity contribution in [2.75, 3.05) is 0 Å². The molecule has 2 nitrogen and oxygen atoms in total. The first-order valence-electron chi connectivity index (χ1n) is 5.21. The van der Waals surface area contributed by atoms with E-state index in [0.29, 0.717) is 0 Å². The molecule has 0 bridgehead atoms. The molecular formula is C14H11IO2. The van der Waals surface area contributed by atoms with Gasteiger partial charge in [-0.1, -0.05) is 42.5 Å². The van der Waals surface area contributed by atoms with Crippen molar-refractivity contribution in [3.8, 4) is 0 Å². The van der Waals surface area contributed by atoms with E-state index >= 15 is 0 Å². The van der Waals surface area contributed by atoms with Crippen molar-refractivity contribution >= 4 is 28.6 Å². The highest BCUT2D eigenvalue weighted by molar-refractivity contribution is 14.1. The van der Waals surface area contributed by atoms with Crippen LogP contribution in [0.1, 0.15) is 17.0 Å². The summed E-state index contributed by atoms with van der Waals surface area (Å²) in [5.41, 5.74) is 1.62. The molecule has 0 heterocycles. The SMILES string of the molecule is O=C(O)C(c1ccccc1)c1cccc(I)c1. The van der Waals surface area contributed by atoms with Gasteiger partial charge in [0.1, 0.15) is 5.92 Å². The maximum atomic E-state index is 11.4. The molecule has 0 fully saturated rings. The lowest BCUT2D eigenvalue weighted by Crippen LogP contribution is -2.13. The van der Waals surface area contributed by atoms with Crippen molar-refractivity contribution in [3.05, 3.63) is 69.3 Å². The van der Waals surface area contributed by atoms with Crippen LogP contribution >= 0.6 is 22.6 Å². The van der Waals surface area contributed by atoms with Gasteiger partial charge >= 0.3 is 5.97 Å². The van der Waals surface area contributed by atoms with E-state index in [-0.39, 0.29) is 0 Å². The van der Waals surface area contributed by atoms with Crippen LogP contribution < -0.4 is 0 Å². The third kappa shape index (κ3) is 2.85. The van der Waals surface area contributed by atoms with Crippen LogP contribution in [0.2, 0.25) is 0 Å². The Kier molecular flexibility index (Phi) is 3.78. The second-order valence-corrected chi connectivity index (χ2v) is 4.98. The van der Waals surface area contributed by atoms with Gasteiger partial charge < -0.3 is 5.11 Å². The molecule has 0 aliphatic heterocycles. The highest BCUT2D eigenvalue weighted by Crippen LogP contribution is 2.25. The lowest BCUT2D eigenvalue weighted by atomic mass is 9.92. The molecule has 2 aromatic rings. The molecule has 0 aliphatic rings. The Morgan fingerprint density at radius 1 is 1.00 bits per heavy atom. The van der Waals surface area contributed by atoms with Crippen LogP contribution in [-0.2, 0) is 4.79 Å². The number of carboxylic acid groups (broad SMARTS) is 1. The second-order valence-electron chi connectivity index (χ2n) is 3.74. The summed E-state index contributed by atoms with van der Waals surface area (Å²) in [5.74, 6) is -1.41. The molecule has 1 N–H and O–H groups in total. The predicted molar refractivity (Wildman–Crippen MR) is 75.1 cm³/mol. The van der Waals surface area contributed by atoms with Gasteiger partial charge in [0, 0.05) is 3.57 Å². The molecule has 2 aromatic carbocycles. The van der Waals surface area contributed by atoms with E-state index in [4.69, 9.17) is 0 Å².